The van der Waals surface area contributed by atoms with E-state index in [1.54, 1.807) is 24.3 Å². The average molecular weight is 491 g/mol. The van der Waals surface area contributed by atoms with E-state index in [2.05, 4.69) is 0 Å². The molecule has 9 heteroatoms. The SMILES string of the molecule is Cc1ccc(S(=O)(=O)OC[C@@H](COCc2ccccc2)OS(=O)(=O)c2ccc(C)cc2)cc1. The lowest BCUT2D eigenvalue weighted by molar-refractivity contribution is 0.0229. The first-order chi connectivity index (χ1) is 15.7. The molecule has 176 valence electrons. The van der Waals surface area contributed by atoms with E-state index in [1.165, 1.54) is 24.3 Å². The Bertz CT molecular complexity index is 1240. The predicted molar refractivity (Wildman–Crippen MR) is 124 cm³/mol. The topological polar surface area (TPSA) is 96.0 Å². The highest BCUT2D eigenvalue weighted by atomic mass is 32.2. The second-order valence-electron chi connectivity index (χ2n) is 7.54. The molecule has 3 rings (SSSR count). The summed E-state index contributed by atoms with van der Waals surface area (Å²) in [4.78, 5) is -0.0685. The molecule has 1 atom stereocenters. The highest BCUT2D eigenvalue weighted by Crippen LogP contribution is 2.18. The van der Waals surface area contributed by atoms with Crippen molar-refractivity contribution in [1.82, 2.24) is 0 Å². The Morgan fingerprint density at radius 2 is 1.18 bits per heavy atom. The highest BCUT2D eigenvalue weighted by molar-refractivity contribution is 7.87. The van der Waals surface area contributed by atoms with Crippen molar-refractivity contribution in [2.75, 3.05) is 13.2 Å². The van der Waals surface area contributed by atoms with Gasteiger partial charge in [0.05, 0.1) is 29.6 Å². The van der Waals surface area contributed by atoms with Crippen LogP contribution >= 0.6 is 0 Å². The minimum absolute atomic E-state index is 0.0292. The summed E-state index contributed by atoms with van der Waals surface area (Å²) >= 11 is 0. The number of benzene rings is 3. The smallest absolute Gasteiger partial charge is 0.297 e. The van der Waals surface area contributed by atoms with Gasteiger partial charge in [-0.15, -0.1) is 0 Å². The third-order valence-electron chi connectivity index (χ3n) is 4.71. The molecule has 0 fully saturated rings. The molecule has 0 N–H and O–H groups in total. The van der Waals surface area contributed by atoms with Gasteiger partial charge in [-0.1, -0.05) is 65.7 Å². The highest BCUT2D eigenvalue weighted by Gasteiger charge is 2.25. The molecule has 0 spiro atoms. The summed E-state index contributed by atoms with van der Waals surface area (Å²) in [6.07, 6.45) is -1.18. The van der Waals surface area contributed by atoms with Crippen molar-refractivity contribution in [2.24, 2.45) is 0 Å². The van der Waals surface area contributed by atoms with Crippen molar-refractivity contribution in [2.45, 2.75) is 36.3 Å². The first-order valence-electron chi connectivity index (χ1n) is 10.2. The maximum Gasteiger partial charge on any atom is 0.297 e. The van der Waals surface area contributed by atoms with Crippen LogP contribution in [-0.4, -0.2) is 36.2 Å². The van der Waals surface area contributed by atoms with Gasteiger partial charge in [-0.05, 0) is 43.7 Å². The molecule has 0 unspecified atom stereocenters. The van der Waals surface area contributed by atoms with Crippen LogP contribution in [0.2, 0.25) is 0 Å². The van der Waals surface area contributed by atoms with Crippen LogP contribution in [-0.2, 0) is 39.9 Å². The second-order valence-corrected chi connectivity index (χ2v) is 10.7. The van der Waals surface area contributed by atoms with Crippen molar-refractivity contribution < 1.29 is 29.9 Å². The zero-order valence-corrected chi connectivity index (χ0v) is 20.0. The van der Waals surface area contributed by atoms with Gasteiger partial charge in [-0.3, -0.25) is 8.37 Å². The van der Waals surface area contributed by atoms with E-state index >= 15 is 0 Å². The Balaban J connectivity index is 1.72. The molecule has 0 bridgehead atoms. The van der Waals surface area contributed by atoms with Crippen LogP contribution in [0.1, 0.15) is 16.7 Å². The van der Waals surface area contributed by atoms with E-state index in [0.717, 1.165) is 16.7 Å². The van der Waals surface area contributed by atoms with Gasteiger partial charge in [0, 0.05) is 0 Å². The zero-order valence-electron chi connectivity index (χ0n) is 18.4. The van der Waals surface area contributed by atoms with Gasteiger partial charge >= 0.3 is 0 Å². The fourth-order valence-corrected chi connectivity index (χ4v) is 4.85. The Morgan fingerprint density at radius 1 is 0.667 bits per heavy atom. The third kappa shape index (κ3) is 7.48. The molecule has 3 aromatic carbocycles. The zero-order chi connectivity index (χ0) is 23.9. The van der Waals surface area contributed by atoms with Crippen LogP contribution < -0.4 is 0 Å². The Kier molecular flexibility index (Phi) is 8.39. The van der Waals surface area contributed by atoms with Gasteiger partial charge in [-0.2, -0.15) is 16.8 Å². The van der Waals surface area contributed by atoms with E-state index in [4.69, 9.17) is 13.1 Å². The summed E-state index contributed by atoms with van der Waals surface area (Å²) in [6.45, 7) is 3.15. The number of hydrogen-bond acceptors (Lipinski definition) is 7. The summed E-state index contributed by atoms with van der Waals surface area (Å²) in [6, 6.07) is 21.6. The molecule has 0 saturated heterocycles. The van der Waals surface area contributed by atoms with E-state index in [1.807, 2.05) is 44.2 Å². The second kappa shape index (κ2) is 11.0. The van der Waals surface area contributed by atoms with E-state index in [9.17, 15) is 16.8 Å². The molecule has 0 aliphatic carbocycles. The lowest BCUT2D eigenvalue weighted by atomic mass is 10.2. The monoisotopic (exact) mass is 490 g/mol. The van der Waals surface area contributed by atoms with Crippen LogP contribution in [0.5, 0.6) is 0 Å². The summed E-state index contributed by atoms with van der Waals surface area (Å²) in [5, 5.41) is 0. The molecule has 0 aliphatic heterocycles. The van der Waals surface area contributed by atoms with Gasteiger partial charge in [0.15, 0.2) is 0 Å². The minimum Gasteiger partial charge on any atom is -0.374 e. The van der Waals surface area contributed by atoms with Crippen molar-refractivity contribution in [3.8, 4) is 0 Å². The maximum absolute atomic E-state index is 12.7. The van der Waals surface area contributed by atoms with Crippen molar-refractivity contribution >= 4 is 20.2 Å². The number of aryl methyl sites for hydroxylation is 2. The molecule has 0 aliphatic rings. The summed E-state index contributed by atoms with van der Waals surface area (Å²) in [5.74, 6) is 0. The van der Waals surface area contributed by atoms with Crippen LogP contribution in [0.15, 0.2) is 88.7 Å². The molecular formula is C24H26O7S2. The lowest BCUT2D eigenvalue weighted by Gasteiger charge is -2.18. The third-order valence-corrected chi connectivity index (χ3v) is 7.38. The minimum atomic E-state index is -4.16. The predicted octanol–water partition coefficient (Wildman–Crippen LogP) is 4.00. The van der Waals surface area contributed by atoms with Crippen molar-refractivity contribution in [1.29, 1.82) is 0 Å². The Hall–Kier alpha value is -2.56. The standard InChI is InChI=1S/C24H26O7S2/c1-19-8-12-23(13-9-19)32(25,26)30-18-22(17-29-16-21-6-4-3-5-7-21)31-33(27,28)24-14-10-20(2)11-15-24/h3-15,22H,16-18H2,1-2H3/t22-/m1/s1. The molecule has 33 heavy (non-hydrogen) atoms. The molecule has 0 radical (unpaired) electrons. The van der Waals surface area contributed by atoms with Gasteiger partial charge in [-0.25, -0.2) is 0 Å². The Morgan fingerprint density at radius 3 is 1.73 bits per heavy atom. The molecule has 0 amide bonds. The largest absolute Gasteiger partial charge is 0.374 e. The van der Waals surface area contributed by atoms with Crippen molar-refractivity contribution in [3.05, 3.63) is 95.6 Å². The number of hydrogen-bond donors (Lipinski definition) is 0. The first kappa shape index (κ1) is 25.1. The average Bonchev–Trinajstić information content (AvgIpc) is 2.78. The Labute approximate surface area is 195 Å². The normalized spacial score (nSPS) is 13.0. The molecule has 0 saturated carbocycles. The summed E-state index contributed by atoms with van der Waals surface area (Å²) < 4.78 is 66.6. The van der Waals surface area contributed by atoms with E-state index in [0.29, 0.717) is 0 Å². The van der Waals surface area contributed by atoms with Crippen molar-refractivity contribution in [3.63, 3.8) is 0 Å². The van der Waals surface area contributed by atoms with Gasteiger partial charge < -0.3 is 4.74 Å². The maximum atomic E-state index is 12.7. The molecular weight excluding hydrogens is 464 g/mol. The molecule has 7 nitrogen and oxygen atoms in total. The van der Waals surface area contributed by atoms with Crippen LogP contribution in [0.3, 0.4) is 0 Å². The number of rotatable bonds is 11. The molecule has 0 aromatic heterocycles. The quantitative estimate of drug-likeness (QED) is 0.375. The van der Waals surface area contributed by atoms with Crippen LogP contribution in [0, 0.1) is 13.8 Å². The summed E-state index contributed by atoms with van der Waals surface area (Å²) in [7, 11) is -8.27. The fraction of sp³-hybridized carbons (Fsp3) is 0.250. The summed E-state index contributed by atoms with van der Waals surface area (Å²) in [5.41, 5.74) is 2.67. The van der Waals surface area contributed by atoms with Crippen LogP contribution in [0.4, 0.5) is 0 Å². The van der Waals surface area contributed by atoms with E-state index in [-0.39, 0.29) is 23.0 Å². The van der Waals surface area contributed by atoms with Crippen LogP contribution in [0.25, 0.3) is 0 Å². The van der Waals surface area contributed by atoms with Gasteiger partial charge in [0.1, 0.15) is 6.10 Å². The van der Waals surface area contributed by atoms with E-state index < -0.39 is 32.9 Å². The molecule has 3 aromatic rings. The number of ether oxygens (including phenoxy) is 1. The molecule has 0 heterocycles. The fourth-order valence-electron chi connectivity index (χ4n) is 2.86. The van der Waals surface area contributed by atoms with Gasteiger partial charge in [0.25, 0.3) is 20.2 Å². The first-order valence-corrected chi connectivity index (χ1v) is 13.0. The lowest BCUT2D eigenvalue weighted by Crippen LogP contribution is -2.30. The van der Waals surface area contributed by atoms with Gasteiger partial charge in [0.2, 0.25) is 0 Å².